The Balaban J connectivity index is 0. The Hall–Kier alpha value is -0.410. The lowest BCUT2D eigenvalue weighted by Crippen LogP contribution is -2.03. The molecule has 0 aromatic heterocycles. The number of hydrogen-bond acceptors (Lipinski definition) is 3. The molecule has 0 aromatic carbocycles. The van der Waals surface area contributed by atoms with Gasteiger partial charge in [0, 0.05) is 0 Å². The summed E-state index contributed by atoms with van der Waals surface area (Å²) in [4.78, 5) is 8.00. The normalized spacial score (nSPS) is 11.3. The van der Waals surface area contributed by atoms with Crippen LogP contribution in [0.4, 0.5) is 0 Å². The monoisotopic (exact) mass is 106 g/mol. The Morgan fingerprint density at radius 2 is 1.86 bits per heavy atom. The molecule has 0 aliphatic heterocycles. The molecule has 0 bridgehead atoms. The van der Waals surface area contributed by atoms with E-state index < -0.39 is 6.10 Å². The summed E-state index contributed by atoms with van der Waals surface area (Å²) in [7, 11) is 0. The zero-order valence-corrected chi connectivity index (χ0v) is 4.29. The van der Waals surface area contributed by atoms with E-state index >= 15 is 0 Å². The van der Waals surface area contributed by atoms with Crippen molar-refractivity contribution >= 4 is 6.79 Å². The standard InChI is InChI=1S/C3H8O2.CH2O/c1-3(5)2-4;1-2/h3-5H,2H2,1H3;1H2. The van der Waals surface area contributed by atoms with Gasteiger partial charge in [-0.1, -0.05) is 0 Å². The maximum atomic E-state index is 8.11. The van der Waals surface area contributed by atoms with Crippen LogP contribution in [0.1, 0.15) is 6.92 Å². The summed E-state index contributed by atoms with van der Waals surface area (Å²) in [6.45, 7) is 3.39. The topological polar surface area (TPSA) is 57.5 Å². The van der Waals surface area contributed by atoms with Gasteiger partial charge in [0.1, 0.15) is 6.79 Å². The molecule has 0 fully saturated rings. The first-order chi connectivity index (χ1) is 3.27. The fraction of sp³-hybridized carbons (Fsp3) is 0.750. The zero-order chi connectivity index (χ0) is 6.28. The van der Waals surface area contributed by atoms with Gasteiger partial charge in [-0.2, -0.15) is 0 Å². The molecule has 0 saturated heterocycles. The van der Waals surface area contributed by atoms with Crippen molar-refractivity contribution in [3.05, 3.63) is 0 Å². The van der Waals surface area contributed by atoms with E-state index in [1.165, 1.54) is 6.92 Å². The summed E-state index contributed by atoms with van der Waals surface area (Å²) in [5, 5.41) is 16.0. The molecule has 3 heteroatoms. The third-order valence-electron chi connectivity index (χ3n) is 0.264. The van der Waals surface area contributed by atoms with Crippen LogP contribution in [-0.4, -0.2) is 29.7 Å². The van der Waals surface area contributed by atoms with Gasteiger partial charge in [-0.05, 0) is 6.92 Å². The van der Waals surface area contributed by atoms with Gasteiger partial charge in [0.15, 0.2) is 0 Å². The molecule has 0 radical (unpaired) electrons. The average molecular weight is 106 g/mol. The van der Waals surface area contributed by atoms with Gasteiger partial charge in [0.25, 0.3) is 0 Å². The molecule has 44 valence electrons. The highest BCUT2D eigenvalue weighted by atomic mass is 16.3. The molecule has 3 nitrogen and oxygen atoms in total. The van der Waals surface area contributed by atoms with Crippen molar-refractivity contribution in [2.45, 2.75) is 13.0 Å². The highest BCUT2D eigenvalue weighted by Gasteiger charge is 1.83. The molecule has 0 aliphatic carbocycles. The molecule has 0 aliphatic rings. The average Bonchev–Trinajstić information content (AvgIpc) is 1.73. The third-order valence-corrected chi connectivity index (χ3v) is 0.264. The van der Waals surface area contributed by atoms with Crippen molar-refractivity contribution in [1.29, 1.82) is 0 Å². The Bertz CT molecular complexity index is 28.1. The predicted octanol–water partition coefficient (Wildman–Crippen LogP) is -0.825. The van der Waals surface area contributed by atoms with Crippen molar-refractivity contribution in [1.82, 2.24) is 0 Å². The molecule has 0 heterocycles. The maximum Gasteiger partial charge on any atom is 0.106 e. The van der Waals surface area contributed by atoms with E-state index in [1.807, 2.05) is 6.79 Å². The highest BCUT2D eigenvalue weighted by molar-refractivity contribution is 5.10. The molecule has 7 heavy (non-hydrogen) atoms. The number of rotatable bonds is 1. The van der Waals surface area contributed by atoms with Crippen molar-refractivity contribution < 1.29 is 15.0 Å². The van der Waals surface area contributed by atoms with E-state index in [-0.39, 0.29) is 6.61 Å². The summed E-state index contributed by atoms with van der Waals surface area (Å²) in [6, 6.07) is 0. The number of hydrogen-bond donors (Lipinski definition) is 2. The molecule has 0 aromatic rings. The van der Waals surface area contributed by atoms with Gasteiger partial charge in [-0.25, -0.2) is 0 Å². The van der Waals surface area contributed by atoms with Gasteiger partial charge in [0.05, 0.1) is 12.7 Å². The van der Waals surface area contributed by atoms with Crippen LogP contribution in [-0.2, 0) is 4.79 Å². The third kappa shape index (κ3) is 28.5. The van der Waals surface area contributed by atoms with Crippen LogP contribution in [0.3, 0.4) is 0 Å². The summed E-state index contributed by atoms with van der Waals surface area (Å²) >= 11 is 0. The van der Waals surface area contributed by atoms with Crippen LogP contribution >= 0.6 is 0 Å². The first-order valence-corrected chi connectivity index (χ1v) is 1.85. The molecular formula is C4H10O3. The number of carbonyl (C=O) groups excluding carboxylic acids is 1. The van der Waals surface area contributed by atoms with Crippen molar-refractivity contribution in [2.24, 2.45) is 0 Å². The summed E-state index contributed by atoms with van der Waals surface area (Å²) in [5.41, 5.74) is 0. The second-order valence-electron chi connectivity index (χ2n) is 1.03. The summed E-state index contributed by atoms with van der Waals surface area (Å²) in [6.07, 6.45) is -0.560. The van der Waals surface area contributed by atoms with Gasteiger partial charge in [-0.15, -0.1) is 0 Å². The van der Waals surface area contributed by atoms with E-state index in [0.29, 0.717) is 0 Å². The molecule has 0 spiro atoms. The Labute approximate surface area is 42.6 Å². The van der Waals surface area contributed by atoms with Crippen LogP contribution in [0.15, 0.2) is 0 Å². The smallest absolute Gasteiger partial charge is 0.106 e. The van der Waals surface area contributed by atoms with E-state index in [9.17, 15) is 0 Å². The Morgan fingerprint density at radius 1 is 1.71 bits per heavy atom. The highest BCUT2D eigenvalue weighted by Crippen LogP contribution is 1.68. The zero-order valence-electron chi connectivity index (χ0n) is 4.29. The number of aliphatic hydroxyl groups is 2. The quantitative estimate of drug-likeness (QED) is 0.459. The fourth-order valence-corrected chi connectivity index (χ4v) is 0. The lowest BCUT2D eigenvalue weighted by molar-refractivity contribution is -0.0979. The molecule has 1 unspecified atom stereocenters. The SMILES string of the molecule is C=O.CC(O)CO. The summed E-state index contributed by atoms with van der Waals surface area (Å²) < 4.78 is 0. The van der Waals surface area contributed by atoms with E-state index in [2.05, 4.69) is 0 Å². The van der Waals surface area contributed by atoms with E-state index in [0.717, 1.165) is 0 Å². The predicted molar refractivity (Wildman–Crippen MR) is 25.9 cm³/mol. The molecule has 0 amide bonds. The van der Waals surface area contributed by atoms with Gasteiger partial charge in [-0.3, -0.25) is 0 Å². The van der Waals surface area contributed by atoms with Crippen LogP contribution in [0.2, 0.25) is 0 Å². The minimum Gasteiger partial charge on any atom is -0.394 e. The van der Waals surface area contributed by atoms with Crippen molar-refractivity contribution in [2.75, 3.05) is 6.61 Å². The Morgan fingerprint density at radius 3 is 1.86 bits per heavy atom. The minimum atomic E-state index is -0.560. The lowest BCUT2D eigenvalue weighted by atomic mass is 10.5. The molecular weight excluding hydrogens is 96.0 g/mol. The molecule has 0 saturated carbocycles. The van der Waals surface area contributed by atoms with Crippen molar-refractivity contribution in [3.63, 3.8) is 0 Å². The fourth-order valence-electron chi connectivity index (χ4n) is 0. The first-order valence-electron chi connectivity index (χ1n) is 1.85. The first kappa shape index (κ1) is 9.77. The van der Waals surface area contributed by atoms with Crippen LogP contribution < -0.4 is 0 Å². The minimum absolute atomic E-state index is 0.139. The largest absolute Gasteiger partial charge is 0.394 e. The van der Waals surface area contributed by atoms with Gasteiger partial charge >= 0.3 is 0 Å². The molecule has 1 atom stereocenters. The lowest BCUT2D eigenvalue weighted by Gasteiger charge is -1.90. The number of aliphatic hydroxyl groups excluding tert-OH is 2. The van der Waals surface area contributed by atoms with Gasteiger partial charge in [0.2, 0.25) is 0 Å². The van der Waals surface area contributed by atoms with Crippen LogP contribution in [0.5, 0.6) is 0 Å². The second-order valence-corrected chi connectivity index (χ2v) is 1.03. The van der Waals surface area contributed by atoms with Crippen LogP contribution in [0.25, 0.3) is 0 Å². The molecule has 0 rings (SSSR count). The molecule has 2 N–H and O–H groups in total. The Kier molecular flexibility index (Phi) is 12.8. The number of carbonyl (C=O) groups is 1. The van der Waals surface area contributed by atoms with Crippen molar-refractivity contribution in [3.8, 4) is 0 Å². The maximum absolute atomic E-state index is 8.11. The summed E-state index contributed by atoms with van der Waals surface area (Å²) in [5.74, 6) is 0. The van der Waals surface area contributed by atoms with E-state index in [1.54, 1.807) is 0 Å². The second kappa shape index (κ2) is 9.14. The van der Waals surface area contributed by atoms with Crippen LogP contribution in [0, 0.1) is 0 Å². The van der Waals surface area contributed by atoms with Gasteiger partial charge < -0.3 is 15.0 Å². The van der Waals surface area contributed by atoms with E-state index in [4.69, 9.17) is 15.0 Å².